The Hall–Kier alpha value is 0.0700. The highest BCUT2D eigenvalue weighted by atomic mass is 32.2. The van der Waals surface area contributed by atoms with E-state index in [9.17, 15) is 4.21 Å². The van der Waals surface area contributed by atoms with Crippen LogP contribution in [0.4, 0.5) is 0 Å². The normalized spacial score (nSPS) is 16.7. The Morgan fingerprint density at radius 2 is 2.30 bits per heavy atom. The van der Waals surface area contributed by atoms with Crippen LogP contribution in [0.1, 0.15) is 6.92 Å². The number of aliphatic hydroxyl groups is 1. The fourth-order valence-electron chi connectivity index (χ4n) is 0.641. The summed E-state index contributed by atoms with van der Waals surface area (Å²) in [7, 11) is -0.889. The van der Waals surface area contributed by atoms with E-state index < -0.39 is 16.9 Å². The molecule has 0 saturated heterocycles. The second-order valence-electron chi connectivity index (χ2n) is 2.20. The first-order chi connectivity index (χ1) is 4.66. The van der Waals surface area contributed by atoms with Crippen molar-refractivity contribution in [3.63, 3.8) is 0 Å². The highest BCUT2D eigenvalue weighted by Crippen LogP contribution is 1.83. The van der Waals surface area contributed by atoms with E-state index in [1.54, 1.807) is 6.26 Å². The maximum absolute atomic E-state index is 10.5. The molecule has 0 aromatic rings. The van der Waals surface area contributed by atoms with Crippen LogP contribution in [0, 0.1) is 0 Å². The molecule has 0 aliphatic heterocycles. The second-order valence-corrected chi connectivity index (χ2v) is 3.68. The van der Waals surface area contributed by atoms with Crippen molar-refractivity contribution < 1.29 is 9.32 Å². The van der Waals surface area contributed by atoms with Crippen LogP contribution >= 0.6 is 0 Å². The van der Waals surface area contributed by atoms with Gasteiger partial charge in [-0.3, -0.25) is 4.21 Å². The number of aliphatic hydroxyl groups excluding tert-OH is 1. The van der Waals surface area contributed by atoms with Crippen LogP contribution in [0.15, 0.2) is 0 Å². The third kappa shape index (κ3) is 6.19. The average molecular weight is 165 g/mol. The molecule has 0 aromatic heterocycles. The van der Waals surface area contributed by atoms with Crippen LogP contribution in [0.5, 0.6) is 0 Å². The van der Waals surface area contributed by atoms with Gasteiger partial charge in [0.15, 0.2) is 0 Å². The standard InChI is InChI=1S/C6H15NO2S/c1-3-7-4-6(8)5-10(2)9/h6-8H,3-5H2,1-2H3. The molecule has 3 nitrogen and oxygen atoms in total. The molecule has 4 heteroatoms. The summed E-state index contributed by atoms with van der Waals surface area (Å²) in [6.45, 7) is 3.35. The molecule has 0 spiro atoms. The largest absolute Gasteiger partial charge is 0.391 e. The van der Waals surface area contributed by atoms with Crippen molar-refractivity contribution in [1.82, 2.24) is 5.32 Å². The number of rotatable bonds is 5. The zero-order valence-electron chi connectivity index (χ0n) is 6.46. The van der Waals surface area contributed by atoms with Crippen molar-refractivity contribution in [3.05, 3.63) is 0 Å². The second kappa shape index (κ2) is 5.82. The van der Waals surface area contributed by atoms with Crippen LogP contribution in [-0.4, -0.2) is 40.5 Å². The predicted octanol–water partition coefficient (Wildman–Crippen LogP) is -0.665. The van der Waals surface area contributed by atoms with Gasteiger partial charge in [0.1, 0.15) is 0 Å². The van der Waals surface area contributed by atoms with Gasteiger partial charge in [-0.1, -0.05) is 6.92 Å². The number of likely N-dealkylation sites (N-methyl/N-ethyl adjacent to an activating group) is 1. The zero-order chi connectivity index (χ0) is 7.98. The summed E-state index contributed by atoms with van der Waals surface area (Å²) in [5.41, 5.74) is 0. The fourth-order valence-corrected chi connectivity index (χ4v) is 1.30. The smallest absolute Gasteiger partial charge is 0.0779 e. The molecule has 62 valence electrons. The lowest BCUT2D eigenvalue weighted by molar-refractivity contribution is 0.196. The summed E-state index contributed by atoms with van der Waals surface area (Å²) >= 11 is 0. The molecule has 10 heavy (non-hydrogen) atoms. The molecule has 0 aliphatic rings. The van der Waals surface area contributed by atoms with E-state index in [1.165, 1.54) is 0 Å². The van der Waals surface area contributed by atoms with Gasteiger partial charge in [-0.05, 0) is 6.54 Å². The van der Waals surface area contributed by atoms with Gasteiger partial charge in [0.25, 0.3) is 0 Å². The summed E-state index contributed by atoms with van der Waals surface area (Å²) < 4.78 is 10.5. The minimum absolute atomic E-state index is 0.368. The average Bonchev–Trinajstić information content (AvgIpc) is 1.82. The first-order valence-electron chi connectivity index (χ1n) is 3.35. The Bertz CT molecular complexity index is 108. The molecule has 0 radical (unpaired) electrons. The Balaban J connectivity index is 3.25. The molecule has 2 N–H and O–H groups in total. The van der Waals surface area contributed by atoms with Gasteiger partial charge in [0.2, 0.25) is 0 Å². The third-order valence-electron chi connectivity index (χ3n) is 1.06. The highest BCUT2D eigenvalue weighted by Gasteiger charge is 2.03. The van der Waals surface area contributed by atoms with Crippen LogP contribution < -0.4 is 5.32 Å². The summed E-state index contributed by atoms with van der Waals surface area (Å²) in [4.78, 5) is 0. The monoisotopic (exact) mass is 165 g/mol. The summed E-state index contributed by atoms with van der Waals surface area (Å²) in [6, 6.07) is 0. The summed E-state index contributed by atoms with van der Waals surface area (Å²) in [5, 5.41) is 12.1. The van der Waals surface area contributed by atoms with E-state index in [0.29, 0.717) is 12.3 Å². The van der Waals surface area contributed by atoms with Gasteiger partial charge in [0.05, 0.1) is 11.9 Å². The van der Waals surface area contributed by atoms with Gasteiger partial charge in [-0.15, -0.1) is 0 Å². The lowest BCUT2D eigenvalue weighted by Crippen LogP contribution is -2.30. The Labute approximate surface area is 64.3 Å². The van der Waals surface area contributed by atoms with Crippen molar-refractivity contribution in [2.24, 2.45) is 0 Å². The first kappa shape index (κ1) is 10.1. The van der Waals surface area contributed by atoms with E-state index >= 15 is 0 Å². The van der Waals surface area contributed by atoms with Gasteiger partial charge in [0, 0.05) is 23.6 Å². The zero-order valence-corrected chi connectivity index (χ0v) is 7.28. The van der Waals surface area contributed by atoms with E-state index in [1.807, 2.05) is 6.92 Å². The van der Waals surface area contributed by atoms with Crippen LogP contribution in [0.3, 0.4) is 0 Å². The van der Waals surface area contributed by atoms with E-state index in [2.05, 4.69) is 5.32 Å². The lowest BCUT2D eigenvalue weighted by atomic mass is 10.4. The molecule has 0 rings (SSSR count). The van der Waals surface area contributed by atoms with Gasteiger partial charge in [-0.25, -0.2) is 0 Å². The molecule has 0 heterocycles. The van der Waals surface area contributed by atoms with Gasteiger partial charge < -0.3 is 10.4 Å². The Morgan fingerprint density at radius 3 is 2.70 bits per heavy atom. The number of nitrogens with one attached hydrogen (secondary N) is 1. The molecular weight excluding hydrogens is 150 g/mol. The molecule has 0 aromatic carbocycles. The molecule has 2 atom stereocenters. The van der Waals surface area contributed by atoms with Crippen molar-refractivity contribution >= 4 is 10.8 Å². The van der Waals surface area contributed by atoms with Crippen molar-refractivity contribution in [2.45, 2.75) is 13.0 Å². The minimum atomic E-state index is -0.889. The molecule has 0 fully saturated rings. The molecule has 0 saturated carbocycles. The van der Waals surface area contributed by atoms with Crippen molar-refractivity contribution in [1.29, 1.82) is 0 Å². The minimum Gasteiger partial charge on any atom is -0.391 e. The lowest BCUT2D eigenvalue weighted by Gasteiger charge is -2.07. The molecule has 2 unspecified atom stereocenters. The third-order valence-corrected chi connectivity index (χ3v) is 1.91. The number of hydrogen-bond acceptors (Lipinski definition) is 3. The van der Waals surface area contributed by atoms with Crippen LogP contribution in [-0.2, 0) is 10.8 Å². The predicted molar refractivity (Wildman–Crippen MR) is 43.5 cm³/mol. The maximum atomic E-state index is 10.5. The summed E-state index contributed by atoms with van der Waals surface area (Å²) in [5.74, 6) is 0.368. The quantitative estimate of drug-likeness (QED) is 0.568. The van der Waals surface area contributed by atoms with Crippen LogP contribution in [0.25, 0.3) is 0 Å². The molecular formula is C6H15NO2S. The maximum Gasteiger partial charge on any atom is 0.0779 e. The molecule has 0 amide bonds. The first-order valence-corrected chi connectivity index (χ1v) is 5.08. The van der Waals surface area contributed by atoms with Crippen molar-refractivity contribution in [3.8, 4) is 0 Å². The van der Waals surface area contributed by atoms with Crippen LogP contribution in [0.2, 0.25) is 0 Å². The Morgan fingerprint density at radius 1 is 1.70 bits per heavy atom. The summed E-state index contributed by atoms with van der Waals surface area (Å²) in [6.07, 6.45) is 1.13. The SMILES string of the molecule is CCNCC(O)CS(C)=O. The topological polar surface area (TPSA) is 49.3 Å². The highest BCUT2D eigenvalue weighted by molar-refractivity contribution is 7.84. The molecule has 0 bridgehead atoms. The van der Waals surface area contributed by atoms with Gasteiger partial charge in [-0.2, -0.15) is 0 Å². The molecule has 0 aliphatic carbocycles. The Kier molecular flexibility index (Phi) is 5.87. The van der Waals surface area contributed by atoms with Crippen molar-refractivity contribution in [2.75, 3.05) is 25.1 Å². The van der Waals surface area contributed by atoms with Gasteiger partial charge >= 0.3 is 0 Å². The number of hydrogen-bond donors (Lipinski definition) is 2. The van der Waals surface area contributed by atoms with E-state index in [0.717, 1.165) is 6.54 Å². The van der Waals surface area contributed by atoms with E-state index in [4.69, 9.17) is 5.11 Å². The van der Waals surface area contributed by atoms with E-state index in [-0.39, 0.29) is 0 Å². The fraction of sp³-hybridized carbons (Fsp3) is 1.00.